The van der Waals surface area contributed by atoms with E-state index in [4.69, 9.17) is 4.74 Å². The fourth-order valence-corrected chi connectivity index (χ4v) is 1.75. The summed E-state index contributed by atoms with van der Waals surface area (Å²) in [6, 6.07) is 2.70. The molecule has 0 spiro atoms. The quantitative estimate of drug-likeness (QED) is 0.836. The number of hydrogen-bond donors (Lipinski definition) is 1. The molecule has 21 heavy (non-hydrogen) atoms. The number of carbonyl (C=O) groups excluding carboxylic acids is 1. The molecule has 1 aromatic heterocycles. The fraction of sp³-hybridized carbons (Fsp3) is 0.571. The zero-order valence-electron chi connectivity index (χ0n) is 12.3. The highest BCUT2D eigenvalue weighted by Crippen LogP contribution is 2.14. The lowest BCUT2D eigenvalue weighted by molar-refractivity contribution is 0.0577. The monoisotopic (exact) mass is 302 g/mol. The first kappa shape index (κ1) is 17.3. The molecule has 0 saturated heterocycles. The van der Waals surface area contributed by atoms with E-state index in [0.717, 1.165) is 0 Å². The number of amides is 1. The van der Waals surface area contributed by atoms with E-state index in [-0.39, 0.29) is 29.9 Å². The maximum absolute atomic E-state index is 12.4. The Morgan fingerprint density at radius 1 is 1.43 bits per heavy atom. The van der Waals surface area contributed by atoms with Gasteiger partial charge >= 0.3 is 0 Å². The van der Waals surface area contributed by atoms with Crippen LogP contribution in [-0.4, -0.2) is 52.6 Å². The third-order valence-electron chi connectivity index (χ3n) is 2.68. The topological polar surface area (TPSA) is 62.7 Å². The van der Waals surface area contributed by atoms with Gasteiger partial charge in [-0.3, -0.25) is 4.79 Å². The van der Waals surface area contributed by atoms with Gasteiger partial charge in [0.15, 0.2) is 6.61 Å². The number of pyridine rings is 1. The Morgan fingerprint density at radius 2 is 2.10 bits per heavy atom. The van der Waals surface area contributed by atoms with Gasteiger partial charge in [-0.2, -0.15) is 0 Å². The molecule has 1 N–H and O–H groups in total. The summed E-state index contributed by atoms with van der Waals surface area (Å²) in [5.41, 5.74) is 0.281. The molecule has 1 aromatic rings. The van der Waals surface area contributed by atoms with E-state index in [9.17, 15) is 18.7 Å². The van der Waals surface area contributed by atoms with Crippen molar-refractivity contribution >= 4 is 5.91 Å². The lowest BCUT2D eigenvalue weighted by atomic mass is 10.2. The number of halogens is 2. The SMILES string of the molecule is CC(O)CN(C(=O)c1ccnc(OCC(F)F)c1)C(C)C. The number of nitrogens with zero attached hydrogens (tertiary/aromatic N) is 2. The first-order valence-electron chi connectivity index (χ1n) is 6.67. The van der Waals surface area contributed by atoms with Crippen LogP contribution >= 0.6 is 0 Å². The van der Waals surface area contributed by atoms with Crippen molar-refractivity contribution in [2.24, 2.45) is 0 Å². The minimum atomic E-state index is -2.60. The van der Waals surface area contributed by atoms with Gasteiger partial charge in [0.05, 0.1) is 6.10 Å². The summed E-state index contributed by atoms with van der Waals surface area (Å²) in [4.78, 5) is 17.7. The van der Waals surface area contributed by atoms with E-state index in [1.165, 1.54) is 23.2 Å². The van der Waals surface area contributed by atoms with Crippen LogP contribution in [0.2, 0.25) is 0 Å². The molecule has 1 amide bonds. The summed E-state index contributed by atoms with van der Waals surface area (Å²) in [5.74, 6) is -0.336. The average molecular weight is 302 g/mol. The maximum atomic E-state index is 12.4. The summed E-state index contributed by atoms with van der Waals surface area (Å²) < 4.78 is 29.0. The molecule has 0 fully saturated rings. The van der Waals surface area contributed by atoms with Gasteiger partial charge in [-0.15, -0.1) is 0 Å². The highest BCUT2D eigenvalue weighted by Gasteiger charge is 2.21. The number of ether oxygens (including phenoxy) is 1. The van der Waals surface area contributed by atoms with Crippen molar-refractivity contribution in [1.82, 2.24) is 9.88 Å². The van der Waals surface area contributed by atoms with Gasteiger partial charge in [-0.1, -0.05) is 0 Å². The normalized spacial score (nSPS) is 12.6. The molecule has 0 bridgehead atoms. The summed E-state index contributed by atoms with van der Waals surface area (Å²) in [7, 11) is 0. The number of alkyl halides is 2. The molecule has 0 aromatic carbocycles. The summed E-state index contributed by atoms with van der Waals surface area (Å²) in [6.45, 7) is 4.66. The summed E-state index contributed by atoms with van der Waals surface area (Å²) >= 11 is 0. The van der Waals surface area contributed by atoms with E-state index < -0.39 is 19.1 Å². The maximum Gasteiger partial charge on any atom is 0.272 e. The van der Waals surface area contributed by atoms with Crippen molar-refractivity contribution in [3.05, 3.63) is 23.9 Å². The van der Waals surface area contributed by atoms with Gasteiger partial charge in [-0.25, -0.2) is 13.8 Å². The molecule has 1 unspecified atom stereocenters. The highest BCUT2D eigenvalue weighted by atomic mass is 19.3. The molecule has 5 nitrogen and oxygen atoms in total. The summed E-state index contributed by atoms with van der Waals surface area (Å²) in [6.07, 6.45) is -1.93. The van der Waals surface area contributed by atoms with Crippen molar-refractivity contribution in [3.8, 4) is 5.88 Å². The van der Waals surface area contributed by atoms with Crippen molar-refractivity contribution in [3.63, 3.8) is 0 Å². The van der Waals surface area contributed by atoms with E-state index in [1.54, 1.807) is 6.92 Å². The first-order valence-corrected chi connectivity index (χ1v) is 6.67. The smallest absolute Gasteiger partial charge is 0.272 e. The number of hydrogen-bond acceptors (Lipinski definition) is 4. The third kappa shape index (κ3) is 5.63. The Labute approximate surface area is 122 Å². The van der Waals surface area contributed by atoms with Crippen LogP contribution in [-0.2, 0) is 0 Å². The number of rotatable bonds is 7. The second-order valence-corrected chi connectivity index (χ2v) is 4.99. The van der Waals surface area contributed by atoms with Crippen LogP contribution in [0.1, 0.15) is 31.1 Å². The lowest BCUT2D eigenvalue weighted by Gasteiger charge is -2.28. The van der Waals surface area contributed by atoms with E-state index >= 15 is 0 Å². The molecule has 1 atom stereocenters. The van der Waals surface area contributed by atoms with Gasteiger partial charge in [0.2, 0.25) is 5.88 Å². The van der Waals surface area contributed by atoms with Crippen molar-refractivity contribution in [2.75, 3.05) is 13.2 Å². The molecule has 0 aliphatic heterocycles. The van der Waals surface area contributed by atoms with Crippen LogP contribution in [0.5, 0.6) is 5.88 Å². The second-order valence-electron chi connectivity index (χ2n) is 4.99. The Balaban J connectivity index is 2.87. The zero-order chi connectivity index (χ0) is 16.0. The molecular weight excluding hydrogens is 282 g/mol. The number of aromatic nitrogens is 1. The molecule has 0 aliphatic rings. The lowest BCUT2D eigenvalue weighted by Crippen LogP contribution is -2.41. The molecule has 1 rings (SSSR count). The Bertz CT molecular complexity index is 467. The predicted octanol–water partition coefficient (Wildman–Crippen LogP) is 1.96. The Hall–Kier alpha value is -1.76. The number of aliphatic hydroxyl groups is 1. The van der Waals surface area contributed by atoms with Crippen molar-refractivity contribution in [2.45, 2.75) is 39.3 Å². The number of carbonyl (C=O) groups is 1. The van der Waals surface area contributed by atoms with Crippen LogP contribution in [0.15, 0.2) is 18.3 Å². The Kier molecular flexibility index (Phi) is 6.48. The van der Waals surface area contributed by atoms with Gasteiger partial charge in [-0.05, 0) is 26.8 Å². The van der Waals surface area contributed by atoms with Crippen LogP contribution in [0.3, 0.4) is 0 Å². The molecule has 7 heteroatoms. The van der Waals surface area contributed by atoms with Gasteiger partial charge in [0, 0.05) is 30.4 Å². The van der Waals surface area contributed by atoms with E-state index in [1.807, 2.05) is 13.8 Å². The molecule has 0 saturated carbocycles. The van der Waals surface area contributed by atoms with Gasteiger partial charge in [0.25, 0.3) is 12.3 Å². The zero-order valence-corrected chi connectivity index (χ0v) is 12.3. The van der Waals surface area contributed by atoms with Crippen molar-refractivity contribution in [1.29, 1.82) is 0 Å². The van der Waals surface area contributed by atoms with Crippen LogP contribution in [0.25, 0.3) is 0 Å². The minimum absolute atomic E-state index is 0.0260. The van der Waals surface area contributed by atoms with Gasteiger partial charge < -0.3 is 14.7 Å². The first-order chi connectivity index (χ1) is 9.81. The van der Waals surface area contributed by atoms with E-state index in [0.29, 0.717) is 0 Å². The second kappa shape index (κ2) is 7.87. The Morgan fingerprint density at radius 3 is 2.62 bits per heavy atom. The molecule has 0 aliphatic carbocycles. The number of aliphatic hydroxyl groups excluding tert-OH is 1. The fourth-order valence-electron chi connectivity index (χ4n) is 1.75. The molecule has 0 radical (unpaired) electrons. The molecule has 1 heterocycles. The van der Waals surface area contributed by atoms with E-state index in [2.05, 4.69) is 4.98 Å². The van der Waals surface area contributed by atoms with Crippen LogP contribution in [0.4, 0.5) is 8.78 Å². The van der Waals surface area contributed by atoms with Crippen molar-refractivity contribution < 1.29 is 23.4 Å². The van der Waals surface area contributed by atoms with Gasteiger partial charge in [0.1, 0.15) is 0 Å². The summed E-state index contributed by atoms with van der Waals surface area (Å²) in [5, 5.41) is 9.45. The molecule has 118 valence electrons. The molecular formula is C14H20F2N2O3. The van der Waals surface area contributed by atoms with Crippen LogP contribution in [0, 0.1) is 0 Å². The standard InChI is InChI=1S/C14H20F2N2O3/c1-9(2)18(7-10(3)19)14(20)11-4-5-17-13(6-11)21-8-12(15)16/h4-6,9-10,12,19H,7-8H2,1-3H3. The minimum Gasteiger partial charge on any atom is -0.472 e. The average Bonchev–Trinajstić information content (AvgIpc) is 2.41. The van der Waals surface area contributed by atoms with Crippen LogP contribution < -0.4 is 4.74 Å². The largest absolute Gasteiger partial charge is 0.472 e. The predicted molar refractivity (Wildman–Crippen MR) is 73.6 cm³/mol. The highest BCUT2D eigenvalue weighted by molar-refractivity contribution is 5.94. The third-order valence-corrected chi connectivity index (χ3v) is 2.68.